The zero-order valence-electron chi connectivity index (χ0n) is 38.3. The topological polar surface area (TPSA) is 357 Å². The van der Waals surface area contributed by atoms with Gasteiger partial charge >= 0.3 is 58.6 Å². The average Bonchev–Trinajstić information content (AvgIpc) is 3.27. The van der Waals surface area contributed by atoms with Crippen molar-refractivity contribution in [2.24, 2.45) is 11.5 Å². The molecule has 0 aliphatic carbocycles. The van der Waals surface area contributed by atoms with Crippen LogP contribution in [-0.4, -0.2) is 163 Å². The Morgan fingerprint density at radius 1 is 0.453 bits per heavy atom. The van der Waals surface area contributed by atoms with Gasteiger partial charge in [0, 0.05) is 65.1 Å². The van der Waals surface area contributed by atoms with Crippen LogP contribution in [0.3, 0.4) is 0 Å². The van der Waals surface area contributed by atoms with E-state index in [9.17, 15) is 42.5 Å². The van der Waals surface area contributed by atoms with Crippen molar-refractivity contribution in [2.75, 3.05) is 92.7 Å². The lowest BCUT2D eigenvalue weighted by atomic mass is 10.4. The molecule has 0 saturated carbocycles. The van der Waals surface area contributed by atoms with Crippen LogP contribution in [-0.2, 0) is 98.0 Å². The predicted octanol–water partition coefficient (Wildman–Crippen LogP) is 2.58. The number of rotatable bonds is 33. The molecular weight excluding hydrogens is 921 g/mol. The van der Waals surface area contributed by atoms with Crippen molar-refractivity contribution in [1.82, 2.24) is 0 Å². The highest BCUT2D eigenvalue weighted by Gasteiger charge is 2.26. The fraction of sp³-hybridized carbons (Fsp3) is 0.833. The largest absolute Gasteiger partial charge is 0.462 e. The van der Waals surface area contributed by atoms with Crippen LogP contribution < -0.4 is 11.5 Å². The normalized spacial score (nSPS) is 15.5. The van der Waals surface area contributed by atoms with E-state index in [1.165, 1.54) is 20.0 Å². The Labute approximate surface area is 375 Å². The molecule has 0 aromatic carbocycles. The first-order valence-corrected chi connectivity index (χ1v) is 26.2. The molecule has 28 heteroatoms. The lowest BCUT2D eigenvalue weighted by Gasteiger charge is -2.21. The van der Waals surface area contributed by atoms with E-state index in [1.807, 2.05) is 0 Å². The van der Waals surface area contributed by atoms with Gasteiger partial charge in [-0.05, 0) is 0 Å². The highest BCUT2D eigenvalue weighted by Crippen LogP contribution is 2.45. The molecular formula is C36H71N2O23P3. The summed E-state index contributed by atoms with van der Waals surface area (Å²) >= 11 is 0. The molecule has 0 aliphatic heterocycles. The minimum absolute atomic E-state index is 0.0953. The number of nitrogens with two attached hydrogens (primary N) is 2. The molecule has 0 rings (SSSR count). The number of carbonyl (C=O) groups excluding carboxylic acids is 6. The molecule has 6 N–H and O–H groups in total. The summed E-state index contributed by atoms with van der Waals surface area (Å²) in [6.45, 7) is 11.4. The number of hydrogen-bond acceptors (Lipinski definition) is 25. The molecule has 0 amide bonds. The van der Waals surface area contributed by atoms with Gasteiger partial charge in [-0.2, -0.15) is 0 Å². The zero-order valence-corrected chi connectivity index (χ0v) is 41.0. The summed E-state index contributed by atoms with van der Waals surface area (Å²) in [5, 5.41) is 17.8. The van der Waals surface area contributed by atoms with Crippen molar-refractivity contribution in [2.45, 2.75) is 104 Å². The van der Waals surface area contributed by atoms with Gasteiger partial charge in [-0.15, -0.1) is 0 Å². The Bertz CT molecular complexity index is 1490. The molecule has 0 spiro atoms. The van der Waals surface area contributed by atoms with Crippen molar-refractivity contribution in [1.29, 1.82) is 0 Å². The number of aliphatic hydroxyl groups is 2. The van der Waals surface area contributed by atoms with Crippen molar-refractivity contribution < 1.29 is 108 Å². The van der Waals surface area contributed by atoms with E-state index in [0.717, 1.165) is 0 Å². The van der Waals surface area contributed by atoms with Crippen LogP contribution >= 0.6 is 22.8 Å². The van der Waals surface area contributed by atoms with Gasteiger partial charge in [-0.3, -0.25) is 47.0 Å². The maximum atomic E-state index is 12.0. The third-order valence-corrected chi connectivity index (χ3v) is 10.6. The maximum absolute atomic E-state index is 12.0. The molecule has 0 aromatic heterocycles. The molecule has 6 unspecified atom stereocenters. The quantitative estimate of drug-likeness (QED) is 0.0318. The predicted molar refractivity (Wildman–Crippen MR) is 227 cm³/mol. The molecule has 64 heavy (non-hydrogen) atoms. The molecule has 0 radical (unpaired) electrons. The standard InChI is InChI=1S/C13H25O9P.C12H24NO7P.C11H22NO7P/c1-4-12(16)19-8-11(22-13(17)5-2)9-21-23(3,18)20-7-10(15)6-14;1-4-11(14)17-8-10(20-12(15)5-2)9-19-21(3,16)18-7-6-13;1-4-10(13)16-6-9(19-11(14)5-2)7-17-20(3,15)18-8-12/h10-11,14-15H,4-9H2,1-3H3;10H,4-9,13H2,1-3H3;9H,4-8,12H2,1-3H3/t10?,11-,23?;;/m1../s1. The van der Waals surface area contributed by atoms with Crippen molar-refractivity contribution in [3.05, 3.63) is 0 Å². The molecule has 25 nitrogen and oxygen atoms in total. The Hall–Kier alpha value is -2.89. The SMILES string of the molecule is CCC(=O)OCC(COP(C)(=O)OCCN)OC(=O)CC.CCC(=O)OCC(COP(C)(=O)OCN)OC(=O)CC.CCC(=O)OC[C@H](COP(C)(=O)OCC(O)CO)OC(=O)CC. The average molecular weight is 993 g/mol. The number of aliphatic hydroxyl groups excluding tert-OH is 2. The van der Waals surface area contributed by atoms with E-state index in [4.69, 9.17) is 77.2 Å². The maximum Gasteiger partial charge on any atom is 0.329 e. The number of carbonyl (C=O) groups is 6. The summed E-state index contributed by atoms with van der Waals surface area (Å²) in [5.41, 5.74) is 10.4. The Morgan fingerprint density at radius 3 is 1.00 bits per heavy atom. The second kappa shape index (κ2) is 38.2. The molecule has 0 heterocycles. The van der Waals surface area contributed by atoms with Crippen LogP contribution in [0.15, 0.2) is 0 Å². The first-order valence-electron chi connectivity index (χ1n) is 20.3. The number of ether oxygens (including phenoxy) is 6. The van der Waals surface area contributed by atoms with E-state index >= 15 is 0 Å². The van der Waals surface area contributed by atoms with E-state index < -0.39 is 89.6 Å². The summed E-state index contributed by atoms with van der Waals surface area (Å²) in [4.78, 5) is 67.2. The molecule has 0 aliphatic rings. The van der Waals surface area contributed by atoms with Gasteiger partial charge in [-0.1, -0.05) is 41.5 Å². The Balaban J connectivity index is -0.000000874. The number of hydrogen-bond donors (Lipinski definition) is 4. The molecule has 7 atom stereocenters. The fourth-order valence-electron chi connectivity index (χ4n) is 3.42. The van der Waals surface area contributed by atoms with E-state index in [-0.39, 0.29) is 105 Å². The van der Waals surface area contributed by atoms with Crippen molar-refractivity contribution in [3.63, 3.8) is 0 Å². The fourth-order valence-corrected chi connectivity index (χ4v) is 6.10. The third kappa shape index (κ3) is 39.5. The summed E-state index contributed by atoms with van der Waals surface area (Å²) < 4.78 is 95.1. The first kappa shape index (κ1) is 65.4. The monoisotopic (exact) mass is 992 g/mol. The summed E-state index contributed by atoms with van der Waals surface area (Å²) in [7, 11) is -10.1. The lowest BCUT2D eigenvalue weighted by Crippen LogP contribution is -2.29. The van der Waals surface area contributed by atoms with Gasteiger partial charge in [0.2, 0.25) is 0 Å². The van der Waals surface area contributed by atoms with Crippen LogP contribution in [0, 0.1) is 0 Å². The van der Waals surface area contributed by atoms with Gasteiger partial charge in [0.25, 0.3) is 0 Å². The van der Waals surface area contributed by atoms with Crippen molar-refractivity contribution >= 4 is 58.6 Å². The van der Waals surface area contributed by atoms with Crippen LogP contribution in [0.2, 0.25) is 0 Å². The highest BCUT2D eigenvalue weighted by atomic mass is 31.2. The first-order chi connectivity index (χ1) is 29.9. The third-order valence-electron chi connectivity index (χ3n) is 6.87. The van der Waals surface area contributed by atoms with Gasteiger partial charge < -0.3 is 72.7 Å². The smallest absolute Gasteiger partial charge is 0.329 e. The molecule has 0 bridgehead atoms. The molecule has 0 aromatic rings. The molecule has 0 saturated heterocycles. The van der Waals surface area contributed by atoms with E-state index in [1.54, 1.807) is 41.5 Å². The minimum atomic E-state index is -3.52. The van der Waals surface area contributed by atoms with Gasteiger partial charge in [0.05, 0.1) is 39.6 Å². The van der Waals surface area contributed by atoms with Crippen LogP contribution in [0.25, 0.3) is 0 Å². The second-order valence-corrected chi connectivity index (χ2v) is 18.9. The Kier molecular flexibility index (Phi) is 39.1. The van der Waals surface area contributed by atoms with Crippen LogP contribution in [0.4, 0.5) is 0 Å². The number of esters is 6. The van der Waals surface area contributed by atoms with Crippen LogP contribution in [0.1, 0.15) is 80.1 Å². The summed E-state index contributed by atoms with van der Waals surface area (Å²) in [5.74, 6) is -2.79. The summed E-state index contributed by atoms with van der Waals surface area (Å²) in [6.07, 6.45) is -2.71. The summed E-state index contributed by atoms with van der Waals surface area (Å²) in [6, 6.07) is 0. The highest BCUT2D eigenvalue weighted by molar-refractivity contribution is 7.53. The van der Waals surface area contributed by atoms with Gasteiger partial charge in [-0.25, -0.2) is 0 Å². The molecule has 378 valence electrons. The van der Waals surface area contributed by atoms with Gasteiger partial charge in [0.1, 0.15) is 32.7 Å². The molecule has 0 fully saturated rings. The Morgan fingerprint density at radius 2 is 0.734 bits per heavy atom. The zero-order chi connectivity index (χ0) is 49.8. The van der Waals surface area contributed by atoms with Crippen molar-refractivity contribution in [3.8, 4) is 0 Å². The van der Waals surface area contributed by atoms with Gasteiger partial charge in [0.15, 0.2) is 18.3 Å². The van der Waals surface area contributed by atoms with E-state index in [2.05, 4.69) is 0 Å². The second-order valence-electron chi connectivity index (χ2n) is 12.8. The lowest BCUT2D eigenvalue weighted by molar-refractivity contribution is -0.160. The minimum Gasteiger partial charge on any atom is -0.462 e. The van der Waals surface area contributed by atoms with E-state index in [0.29, 0.717) is 0 Å². The van der Waals surface area contributed by atoms with Crippen LogP contribution in [0.5, 0.6) is 0 Å².